The Bertz CT molecular complexity index is 972. The van der Waals surface area contributed by atoms with E-state index in [1.54, 1.807) is 0 Å². The molecule has 0 atom stereocenters. The van der Waals surface area contributed by atoms with Crippen LogP contribution in [-0.2, 0) is 6.54 Å². The molecular formula is C22H25N3O2. The van der Waals surface area contributed by atoms with Gasteiger partial charge >= 0.3 is 0 Å². The average molecular weight is 363 g/mol. The summed E-state index contributed by atoms with van der Waals surface area (Å²) in [7, 11) is 1.86. The molecule has 27 heavy (non-hydrogen) atoms. The number of benzene rings is 2. The molecule has 2 N–H and O–H groups in total. The van der Waals surface area contributed by atoms with E-state index in [-0.39, 0.29) is 5.91 Å². The molecule has 0 aliphatic rings. The minimum Gasteiger partial charge on any atom is -0.388 e. The van der Waals surface area contributed by atoms with Crippen LogP contribution in [0.4, 0.5) is 5.69 Å². The lowest BCUT2D eigenvalue weighted by atomic mass is 9.97. The molecular weight excluding hydrogens is 338 g/mol. The molecule has 5 heteroatoms. The van der Waals surface area contributed by atoms with Crippen molar-refractivity contribution in [1.82, 2.24) is 10.5 Å². The van der Waals surface area contributed by atoms with Gasteiger partial charge in [0.1, 0.15) is 0 Å². The van der Waals surface area contributed by atoms with Gasteiger partial charge in [-0.3, -0.25) is 4.79 Å². The van der Waals surface area contributed by atoms with Crippen molar-refractivity contribution in [2.75, 3.05) is 12.4 Å². The van der Waals surface area contributed by atoms with E-state index in [1.807, 2.05) is 33.9 Å². The minimum absolute atomic E-state index is 0.133. The first-order valence-electron chi connectivity index (χ1n) is 9.00. The highest BCUT2D eigenvalue weighted by Crippen LogP contribution is 2.29. The quantitative estimate of drug-likeness (QED) is 0.698. The zero-order valence-corrected chi connectivity index (χ0v) is 16.4. The van der Waals surface area contributed by atoms with Gasteiger partial charge in [0.2, 0.25) is 0 Å². The third kappa shape index (κ3) is 3.87. The molecule has 3 rings (SSSR count). The number of anilines is 1. The highest BCUT2D eigenvalue weighted by molar-refractivity contribution is 5.98. The van der Waals surface area contributed by atoms with E-state index in [9.17, 15) is 4.79 Å². The van der Waals surface area contributed by atoms with Crippen LogP contribution < -0.4 is 10.6 Å². The van der Waals surface area contributed by atoms with E-state index in [0.717, 1.165) is 33.6 Å². The van der Waals surface area contributed by atoms with Crippen molar-refractivity contribution >= 4 is 11.6 Å². The summed E-state index contributed by atoms with van der Waals surface area (Å²) >= 11 is 0. The van der Waals surface area contributed by atoms with Crippen LogP contribution in [-0.4, -0.2) is 18.1 Å². The Kier molecular flexibility index (Phi) is 5.31. The van der Waals surface area contributed by atoms with Crippen LogP contribution in [0, 0.1) is 27.7 Å². The highest BCUT2D eigenvalue weighted by Gasteiger charge is 2.16. The summed E-state index contributed by atoms with van der Waals surface area (Å²) in [5, 5.41) is 10.1. The van der Waals surface area contributed by atoms with E-state index in [1.165, 1.54) is 5.56 Å². The summed E-state index contributed by atoms with van der Waals surface area (Å²) in [6.45, 7) is 8.15. The third-order valence-corrected chi connectivity index (χ3v) is 4.97. The lowest BCUT2D eigenvalue weighted by molar-refractivity contribution is 0.0946. The number of carbonyl (C=O) groups excluding carboxylic acids is 1. The molecule has 5 nitrogen and oxygen atoms in total. The van der Waals surface area contributed by atoms with Gasteiger partial charge in [-0.1, -0.05) is 35.0 Å². The number of hydrogen-bond acceptors (Lipinski definition) is 4. The summed E-state index contributed by atoms with van der Waals surface area (Å²) in [5.74, 6) is 0.549. The summed E-state index contributed by atoms with van der Waals surface area (Å²) in [5.41, 5.74) is 7.59. The third-order valence-electron chi connectivity index (χ3n) is 4.97. The SMILES string of the molecule is CNc1cc(-c2ccc(C)cc2)cc(C(=O)NCc2onc(C)c2C)c1C. The van der Waals surface area contributed by atoms with Crippen LogP contribution >= 0.6 is 0 Å². The Labute approximate surface area is 159 Å². The van der Waals surface area contributed by atoms with Gasteiger partial charge in [0.25, 0.3) is 5.91 Å². The molecule has 1 amide bonds. The highest BCUT2D eigenvalue weighted by atomic mass is 16.5. The first kappa shape index (κ1) is 18.7. The van der Waals surface area contributed by atoms with Crippen LogP contribution in [0.1, 0.15) is 38.5 Å². The Morgan fingerprint density at radius 3 is 2.30 bits per heavy atom. The Morgan fingerprint density at radius 1 is 1.00 bits per heavy atom. The second kappa shape index (κ2) is 7.66. The van der Waals surface area contributed by atoms with Crippen molar-refractivity contribution in [1.29, 1.82) is 0 Å². The second-order valence-corrected chi connectivity index (χ2v) is 6.81. The van der Waals surface area contributed by atoms with E-state index in [2.05, 4.69) is 53.0 Å². The van der Waals surface area contributed by atoms with Crippen LogP contribution in [0.25, 0.3) is 11.1 Å². The van der Waals surface area contributed by atoms with E-state index >= 15 is 0 Å². The topological polar surface area (TPSA) is 67.2 Å². The van der Waals surface area contributed by atoms with E-state index < -0.39 is 0 Å². The first-order valence-corrected chi connectivity index (χ1v) is 9.00. The van der Waals surface area contributed by atoms with Crippen LogP contribution in [0.3, 0.4) is 0 Å². The molecule has 3 aromatic rings. The van der Waals surface area contributed by atoms with Gasteiger partial charge in [0, 0.05) is 23.9 Å². The fourth-order valence-corrected chi connectivity index (χ4v) is 3.01. The van der Waals surface area contributed by atoms with Gasteiger partial charge in [0.05, 0.1) is 12.2 Å². The molecule has 0 unspecified atom stereocenters. The van der Waals surface area contributed by atoms with Gasteiger partial charge in [0.15, 0.2) is 5.76 Å². The maximum Gasteiger partial charge on any atom is 0.252 e. The number of nitrogens with zero attached hydrogens (tertiary/aromatic N) is 1. The van der Waals surface area contributed by atoms with Gasteiger partial charge in [-0.15, -0.1) is 0 Å². The van der Waals surface area contributed by atoms with E-state index in [4.69, 9.17) is 4.52 Å². The van der Waals surface area contributed by atoms with Crippen molar-refractivity contribution in [2.24, 2.45) is 0 Å². The molecule has 0 spiro atoms. The smallest absolute Gasteiger partial charge is 0.252 e. The van der Waals surface area contributed by atoms with Gasteiger partial charge in [-0.05, 0) is 56.5 Å². The lowest BCUT2D eigenvalue weighted by Gasteiger charge is -2.14. The molecule has 1 aromatic heterocycles. The molecule has 0 saturated heterocycles. The van der Waals surface area contributed by atoms with Crippen molar-refractivity contribution in [2.45, 2.75) is 34.2 Å². The number of carbonyl (C=O) groups is 1. The number of aromatic nitrogens is 1. The monoisotopic (exact) mass is 363 g/mol. The predicted octanol–water partition coefficient (Wildman–Crippen LogP) is 4.55. The molecule has 0 saturated carbocycles. The second-order valence-electron chi connectivity index (χ2n) is 6.81. The molecule has 0 aliphatic heterocycles. The fraction of sp³-hybridized carbons (Fsp3) is 0.273. The van der Waals surface area contributed by atoms with Crippen LogP contribution in [0.5, 0.6) is 0 Å². The Balaban J connectivity index is 1.91. The molecule has 0 aliphatic carbocycles. The largest absolute Gasteiger partial charge is 0.388 e. The van der Waals surface area contributed by atoms with Crippen molar-refractivity contribution < 1.29 is 9.32 Å². The van der Waals surface area contributed by atoms with Crippen molar-refractivity contribution in [3.05, 3.63) is 70.1 Å². The summed E-state index contributed by atoms with van der Waals surface area (Å²) in [6, 6.07) is 12.3. The van der Waals surface area contributed by atoms with E-state index in [0.29, 0.717) is 17.9 Å². The maximum absolute atomic E-state index is 12.9. The summed E-state index contributed by atoms with van der Waals surface area (Å²) in [6.07, 6.45) is 0. The minimum atomic E-state index is -0.133. The zero-order valence-electron chi connectivity index (χ0n) is 16.4. The van der Waals surface area contributed by atoms with Gasteiger partial charge in [-0.2, -0.15) is 0 Å². The zero-order chi connectivity index (χ0) is 19.6. The lowest BCUT2D eigenvalue weighted by Crippen LogP contribution is -2.24. The van der Waals surface area contributed by atoms with Gasteiger partial charge in [-0.25, -0.2) is 0 Å². The number of nitrogens with one attached hydrogen (secondary N) is 2. The number of aryl methyl sites for hydroxylation is 2. The average Bonchev–Trinajstić information content (AvgIpc) is 2.99. The predicted molar refractivity (Wildman–Crippen MR) is 108 cm³/mol. The molecule has 2 aromatic carbocycles. The molecule has 1 heterocycles. The van der Waals surface area contributed by atoms with Gasteiger partial charge < -0.3 is 15.2 Å². The van der Waals surface area contributed by atoms with Crippen LogP contribution in [0.2, 0.25) is 0 Å². The molecule has 140 valence electrons. The van der Waals surface area contributed by atoms with Crippen molar-refractivity contribution in [3.63, 3.8) is 0 Å². The standard InChI is InChI=1S/C22H25N3O2/c1-13-6-8-17(9-7-13)18-10-19(15(3)20(11-18)23-5)22(26)24-12-21-14(2)16(4)25-27-21/h6-11,23H,12H2,1-5H3,(H,24,26). The fourth-order valence-electron chi connectivity index (χ4n) is 3.01. The summed E-state index contributed by atoms with van der Waals surface area (Å²) in [4.78, 5) is 12.9. The first-order chi connectivity index (χ1) is 12.9. The normalized spacial score (nSPS) is 10.7. The summed E-state index contributed by atoms with van der Waals surface area (Å²) < 4.78 is 5.28. The maximum atomic E-state index is 12.9. The number of rotatable bonds is 5. The molecule has 0 fully saturated rings. The number of hydrogen-bond donors (Lipinski definition) is 2. The Morgan fingerprint density at radius 2 is 1.70 bits per heavy atom. The Hall–Kier alpha value is -3.08. The molecule has 0 radical (unpaired) electrons. The van der Waals surface area contributed by atoms with Crippen LogP contribution in [0.15, 0.2) is 40.9 Å². The number of amides is 1. The van der Waals surface area contributed by atoms with Crippen molar-refractivity contribution in [3.8, 4) is 11.1 Å². The molecule has 0 bridgehead atoms.